The summed E-state index contributed by atoms with van der Waals surface area (Å²) in [6, 6.07) is 1.13. The van der Waals surface area contributed by atoms with Crippen LogP contribution in [0, 0.1) is 0 Å². The Balaban J connectivity index is 2.15. The number of hydrogen-bond acceptors (Lipinski definition) is 4. The SMILES string of the molecule is CCCCc1cc(=O)on1C(=O)N1CCOCC1. The van der Waals surface area contributed by atoms with E-state index >= 15 is 0 Å². The lowest BCUT2D eigenvalue weighted by molar-refractivity contribution is 0.0478. The standard InChI is InChI=1S/C12H18N2O4/c1-2-3-4-10-9-11(15)18-14(10)12(16)13-5-7-17-8-6-13/h9H,2-8H2,1H3. The molecule has 1 amide bonds. The Morgan fingerprint density at radius 3 is 2.78 bits per heavy atom. The highest BCUT2D eigenvalue weighted by atomic mass is 16.5. The Morgan fingerprint density at radius 1 is 1.39 bits per heavy atom. The van der Waals surface area contributed by atoms with Crippen LogP contribution in [0.25, 0.3) is 0 Å². The van der Waals surface area contributed by atoms with Crippen molar-refractivity contribution in [1.82, 2.24) is 9.64 Å². The van der Waals surface area contributed by atoms with Crippen LogP contribution in [0.4, 0.5) is 4.79 Å². The quantitative estimate of drug-likeness (QED) is 0.809. The molecule has 0 aliphatic carbocycles. The molecule has 6 nitrogen and oxygen atoms in total. The fourth-order valence-corrected chi connectivity index (χ4v) is 1.95. The maximum Gasteiger partial charge on any atom is 0.358 e. The third kappa shape index (κ3) is 2.81. The number of aryl methyl sites for hydroxylation is 1. The lowest BCUT2D eigenvalue weighted by Crippen LogP contribution is -2.43. The van der Waals surface area contributed by atoms with Crippen LogP contribution in [0.1, 0.15) is 25.5 Å². The lowest BCUT2D eigenvalue weighted by atomic mass is 10.2. The first kappa shape index (κ1) is 12.9. The van der Waals surface area contributed by atoms with Gasteiger partial charge in [-0.15, -0.1) is 4.74 Å². The Morgan fingerprint density at radius 2 is 2.11 bits per heavy atom. The van der Waals surface area contributed by atoms with Gasteiger partial charge >= 0.3 is 11.7 Å². The summed E-state index contributed by atoms with van der Waals surface area (Å²) in [5, 5.41) is 0. The number of amides is 1. The molecule has 1 aromatic rings. The predicted octanol–water partition coefficient (Wildman–Crippen LogP) is 1.08. The molecule has 18 heavy (non-hydrogen) atoms. The normalized spacial score (nSPS) is 15.9. The number of nitrogens with zero attached hydrogens (tertiary/aromatic N) is 2. The van der Waals surface area contributed by atoms with Crippen molar-refractivity contribution in [2.45, 2.75) is 26.2 Å². The molecule has 0 spiro atoms. The van der Waals surface area contributed by atoms with Crippen LogP contribution >= 0.6 is 0 Å². The van der Waals surface area contributed by atoms with Crippen LogP contribution in [0.2, 0.25) is 0 Å². The van der Waals surface area contributed by atoms with E-state index in [0.29, 0.717) is 38.4 Å². The van der Waals surface area contributed by atoms with Crippen molar-refractivity contribution in [2.75, 3.05) is 26.3 Å². The number of carbonyl (C=O) groups is 1. The molecule has 0 bridgehead atoms. The first-order chi connectivity index (χ1) is 8.72. The molecule has 0 unspecified atom stereocenters. The van der Waals surface area contributed by atoms with Gasteiger partial charge in [0.2, 0.25) is 0 Å². The van der Waals surface area contributed by atoms with Crippen molar-refractivity contribution in [3.63, 3.8) is 0 Å². The second-order valence-corrected chi connectivity index (χ2v) is 4.33. The molecule has 1 saturated heterocycles. The van der Waals surface area contributed by atoms with Gasteiger partial charge in [0.15, 0.2) is 0 Å². The number of morpholine rings is 1. The summed E-state index contributed by atoms with van der Waals surface area (Å²) in [7, 11) is 0. The van der Waals surface area contributed by atoms with E-state index in [-0.39, 0.29) is 6.03 Å². The number of ether oxygens (including phenoxy) is 1. The number of hydrogen-bond donors (Lipinski definition) is 0. The van der Waals surface area contributed by atoms with Crippen LogP contribution in [-0.4, -0.2) is 42.0 Å². The van der Waals surface area contributed by atoms with E-state index in [1.165, 1.54) is 6.07 Å². The summed E-state index contributed by atoms with van der Waals surface area (Å²) >= 11 is 0. The average molecular weight is 254 g/mol. The summed E-state index contributed by atoms with van der Waals surface area (Å²) in [6.07, 6.45) is 2.61. The topological polar surface area (TPSA) is 64.7 Å². The smallest absolute Gasteiger partial charge is 0.358 e. The lowest BCUT2D eigenvalue weighted by Gasteiger charge is -2.26. The first-order valence-corrected chi connectivity index (χ1v) is 6.31. The number of carbonyl (C=O) groups excluding carboxylic acids is 1. The zero-order valence-electron chi connectivity index (χ0n) is 10.6. The number of unbranched alkanes of at least 4 members (excludes halogenated alkanes) is 1. The monoisotopic (exact) mass is 254 g/mol. The van der Waals surface area contributed by atoms with Gasteiger partial charge in [-0.3, -0.25) is 0 Å². The van der Waals surface area contributed by atoms with Gasteiger partial charge in [-0.05, 0) is 12.8 Å². The van der Waals surface area contributed by atoms with Gasteiger partial charge in [0.1, 0.15) is 0 Å². The van der Waals surface area contributed by atoms with Crippen molar-refractivity contribution in [3.8, 4) is 0 Å². The zero-order chi connectivity index (χ0) is 13.0. The first-order valence-electron chi connectivity index (χ1n) is 6.31. The molecule has 1 aliphatic rings. The van der Waals surface area contributed by atoms with Crippen molar-refractivity contribution < 1.29 is 14.1 Å². The maximum atomic E-state index is 12.2. The molecule has 1 aliphatic heterocycles. The van der Waals surface area contributed by atoms with Gasteiger partial charge in [0, 0.05) is 19.2 Å². The summed E-state index contributed by atoms with van der Waals surface area (Å²) in [5.41, 5.74) is 0.182. The Bertz CT molecular complexity index is 457. The Kier molecular flexibility index (Phi) is 4.19. The molecule has 2 heterocycles. The van der Waals surface area contributed by atoms with Crippen LogP contribution < -0.4 is 5.63 Å². The summed E-state index contributed by atoms with van der Waals surface area (Å²) < 4.78 is 11.3. The summed E-state index contributed by atoms with van der Waals surface area (Å²) in [4.78, 5) is 25.1. The van der Waals surface area contributed by atoms with E-state index in [0.717, 1.165) is 17.6 Å². The van der Waals surface area contributed by atoms with E-state index in [4.69, 9.17) is 9.26 Å². The highest BCUT2D eigenvalue weighted by Gasteiger charge is 2.22. The van der Waals surface area contributed by atoms with Crippen molar-refractivity contribution in [2.24, 2.45) is 0 Å². The number of aromatic nitrogens is 1. The second-order valence-electron chi connectivity index (χ2n) is 4.33. The van der Waals surface area contributed by atoms with E-state index in [9.17, 15) is 9.59 Å². The van der Waals surface area contributed by atoms with Crippen LogP contribution in [-0.2, 0) is 11.2 Å². The molecule has 6 heteroatoms. The predicted molar refractivity (Wildman–Crippen MR) is 64.8 cm³/mol. The molecule has 0 saturated carbocycles. The molecule has 1 aromatic heterocycles. The minimum absolute atomic E-state index is 0.272. The van der Waals surface area contributed by atoms with E-state index in [2.05, 4.69) is 6.92 Å². The fraction of sp³-hybridized carbons (Fsp3) is 0.667. The highest BCUT2D eigenvalue weighted by Crippen LogP contribution is 2.08. The number of rotatable bonds is 3. The van der Waals surface area contributed by atoms with E-state index in [1.807, 2.05) is 0 Å². The summed E-state index contributed by atoms with van der Waals surface area (Å²) in [5.74, 6) is 0. The van der Waals surface area contributed by atoms with Gasteiger partial charge in [0.25, 0.3) is 0 Å². The molecule has 2 rings (SSSR count). The average Bonchev–Trinajstić information content (AvgIpc) is 2.77. The van der Waals surface area contributed by atoms with Gasteiger partial charge in [-0.25, -0.2) is 9.59 Å². The van der Waals surface area contributed by atoms with E-state index < -0.39 is 5.63 Å². The van der Waals surface area contributed by atoms with Gasteiger partial charge in [0.05, 0.1) is 18.9 Å². The molecule has 0 radical (unpaired) electrons. The Hall–Kier alpha value is -1.56. The maximum absolute atomic E-state index is 12.2. The molecular weight excluding hydrogens is 236 g/mol. The van der Waals surface area contributed by atoms with Crippen LogP contribution in [0.5, 0.6) is 0 Å². The summed E-state index contributed by atoms with van der Waals surface area (Å²) in [6.45, 7) is 4.19. The second kappa shape index (κ2) is 5.86. The van der Waals surface area contributed by atoms with Crippen molar-refractivity contribution in [3.05, 3.63) is 22.2 Å². The largest absolute Gasteiger partial charge is 0.378 e. The van der Waals surface area contributed by atoms with Gasteiger partial charge < -0.3 is 14.2 Å². The Labute approximate surface area is 105 Å². The van der Waals surface area contributed by atoms with Crippen molar-refractivity contribution >= 4 is 6.03 Å². The van der Waals surface area contributed by atoms with Gasteiger partial charge in [-0.1, -0.05) is 13.3 Å². The molecule has 100 valence electrons. The zero-order valence-corrected chi connectivity index (χ0v) is 10.6. The third-order valence-electron chi connectivity index (χ3n) is 2.97. The van der Waals surface area contributed by atoms with E-state index in [1.54, 1.807) is 4.90 Å². The molecule has 0 N–H and O–H groups in total. The highest BCUT2D eigenvalue weighted by molar-refractivity contribution is 5.76. The minimum Gasteiger partial charge on any atom is -0.378 e. The molecule has 0 aromatic carbocycles. The van der Waals surface area contributed by atoms with Crippen LogP contribution in [0.3, 0.4) is 0 Å². The minimum atomic E-state index is -0.470. The van der Waals surface area contributed by atoms with Crippen molar-refractivity contribution in [1.29, 1.82) is 0 Å². The fourth-order valence-electron chi connectivity index (χ4n) is 1.95. The van der Waals surface area contributed by atoms with Gasteiger partial charge in [-0.2, -0.15) is 0 Å². The molecular formula is C12H18N2O4. The third-order valence-corrected chi connectivity index (χ3v) is 2.97. The van der Waals surface area contributed by atoms with Crippen LogP contribution in [0.15, 0.2) is 15.4 Å². The molecule has 1 fully saturated rings. The molecule has 0 atom stereocenters.